The molecule has 1 aliphatic heterocycles. The van der Waals surface area contributed by atoms with Crippen LogP contribution in [0.15, 0.2) is 42.5 Å². The van der Waals surface area contributed by atoms with Crippen LogP contribution in [0.3, 0.4) is 0 Å². The summed E-state index contributed by atoms with van der Waals surface area (Å²) in [6, 6.07) is 14.2. The number of benzene rings is 2. The van der Waals surface area contributed by atoms with Gasteiger partial charge < -0.3 is 10.2 Å². The minimum absolute atomic E-state index is 0. The highest BCUT2D eigenvalue weighted by Gasteiger charge is 2.21. The number of halogens is 4. The zero-order valence-electron chi connectivity index (χ0n) is 21.8. The molecule has 0 saturated carbocycles. The lowest BCUT2D eigenvalue weighted by Gasteiger charge is -2.37. The third kappa shape index (κ3) is 7.55. The minimum atomic E-state index is -0.133. The molecule has 3 aromatic rings. The number of piperazine rings is 1. The van der Waals surface area contributed by atoms with Gasteiger partial charge in [0.25, 0.3) is 5.91 Å². The second kappa shape index (κ2) is 14.8. The summed E-state index contributed by atoms with van der Waals surface area (Å²) in [5.74, 6) is 0.614. The van der Waals surface area contributed by atoms with E-state index in [1.54, 1.807) is 0 Å². The average molecular weight is 589 g/mol. The summed E-state index contributed by atoms with van der Waals surface area (Å²) in [6.07, 6.45) is 0.915. The number of nitrogens with one attached hydrogen (secondary N) is 1. The highest BCUT2D eigenvalue weighted by Crippen LogP contribution is 2.25. The van der Waals surface area contributed by atoms with Crippen LogP contribution in [-0.2, 0) is 0 Å². The summed E-state index contributed by atoms with van der Waals surface area (Å²) in [7, 11) is 0. The van der Waals surface area contributed by atoms with Crippen molar-refractivity contribution in [3.8, 4) is 5.69 Å². The van der Waals surface area contributed by atoms with E-state index in [0.717, 1.165) is 56.4 Å². The Bertz CT molecular complexity index is 1180. The van der Waals surface area contributed by atoms with Crippen molar-refractivity contribution in [3.63, 3.8) is 0 Å². The number of carbonyl (C=O) groups excluding carboxylic acids is 1. The lowest BCUT2D eigenvalue weighted by molar-refractivity contribution is 0.0946. The van der Waals surface area contributed by atoms with Crippen molar-refractivity contribution < 1.29 is 4.79 Å². The molecular weight excluding hydrogens is 552 g/mol. The summed E-state index contributed by atoms with van der Waals surface area (Å²) in [5.41, 5.74) is 6.17. The number of amides is 1. The van der Waals surface area contributed by atoms with Crippen molar-refractivity contribution >= 4 is 60.4 Å². The molecule has 0 radical (unpaired) electrons. The van der Waals surface area contributed by atoms with Crippen LogP contribution >= 0.6 is 48.8 Å². The summed E-state index contributed by atoms with van der Waals surface area (Å²) >= 11 is 6.37. The normalized spacial score (nSPS) is 13.3. The van der Waals surface area contributed by atoms with Crippen LogP contribution in [-0.4, -0.2) is 59.6 Å². The Morgan fingerprint density at radius 2 is 1.57 bits per heavy atom. The number of imidazole rings is 1. The maximum atomic E-state index is 12.8. The summed E-state index contributed by atoms with van der Waals surface area (Å²) < 4.78 is 1.94. The molecule has 37 heavy (non-hydrogen) atoms. The van der Waals surface area contributed by atoms with Crippen LogP contribution in [0.1, 0.15) is 39.6 Å². The quantitative estimate of drug-likeness (QED) is 0.346. The molecule has 4 rings (SSSR count). The van der Waals surface area contributed by atoms with Gasteiger partial charge in [0, 0.05) is 38.4 Å². The van der Waals surface area contributed by atoms with Crippen molar-refractivity contribution in [3.05, 3.63) is 75.8 Å². The molecule has 0 aliphatic carbocycles. The van der Waals surface area contributed by atoms with Gasteiger partial charge in [0.15, 0.2) is 0 Å². The first-order valence-electron chi connectivity index (χ1n) is 12.0. The van der Waals surface area contributed by atoms with Crippen LogP contribution in [0.5, 0.6) is 0 Å². The monoisotopic (exact) mass is 587 g/mol. The lowest BCUT2D eigenvalue weighted by Crippen LogP contribution is -2.47. The Morgan fingerprint density at radius 3 is 2.24 bits per heavy atom. The number of rotatable bonds is 7. The topological polar surface area (TPSA) is 53.4 Å². The lowest BCUT2D eigenvalue weighted by atomic mass is 10.1. The third-order valence-electron chi connectivity index (χ3n) is 6.81. The van der Waals surface area contributed by atoms with Crippen LogP contribution < -0.4 is 10.2 Å². The number of aryl methyl sites for hydroxylation is 2. The standard InChI is InChI=1S/C27H34ClN5O.3ClH/c1-19-9-7-12-24(20(19)2)32-17-15-31(16-18-32)14-8-13-29-27(34)26-21(3)33(22(4)30-26)25-11-6-5-10-23(25)28;;;/h5-7,9-12H,8,13-18H2,1-4H3,(H,29,34);3*1H. The summed E-state index contributed by atoms with van der Waals surface area (Å²) in [4.78, 5) is 22.3. The van der Waals surface area contributed by atoms with Gasteiger partial charge in [-0.25, -0.2) is 4.98 Å². The Hall–Kier alpha value is -1.96. The predicted octanol–water partition coefficient (Wildman–Crippen LogP) is 5.97. The van der Waals surface area contributed by atoms with Gasteiger partial charge in [0.05, 0.1) is 16.4 Å². The first-order valence-corrected chi connectivity index (χ1v) is 12.4. The van der Waals surface area contributed by atoms with Crippen molar-refractivity contribution in [1.82, 2.24) is 19.8 Å². The van der Waals surface area contributed by atoms with E-state index in [1.807, 2.05) is 42.7 Å². The molecule has 1 fully saturated rings. The molecule has 6 nitrogen and oxygen atoms in total. The number of anilines is 1. The Kier molecular flexibility index (Phi) is 13.3. The molecule has 204 valence electrons. The highest BCUT2D eigenvalue weighted by molar-refractivity contribution is 6.32. The maximum Gasteiger partial charge on any atom is 0.271 e. The minimum Gasteiger partial charge on any atom is -0.369 e. The van der Waals surface area contributed by atoms with Gasteiger partial charge in [-0.15, -0.1) is 37.2 Å². The van der Waals surface area contributed by atoms with E-state index in [0.29, 0.717) is 17.3 Å². The molecule has 2 heterocycles. The number of nitrogens with zero attached hydrogens (tertiary/aromatic N) is 4. The summed E-state index contributed by atoms with van der Waals surface area (Å²) in [6.45, 7) is 14.0. The number of hydrogen-bond donors (Lipinski definition) is 1. The van der Waals surface area contributed by atoms with E-state index in [-0.39, 0.29) is 43.1 Å². The zero-order valence-corrected chi connectivity index (χ0v) is 25.0. The third-order valence-corrected chi connectivity index (χ3v) is 7.13. The Morgan fingerprint density at radius 1 is 0.919 bits per heavy atom. The molecule has 1 aromatic heterocycles. The van der Waals surface area contributed by atoms with Gasteiger partial charge in [-0.3, -0.25) is 14.3 Å². The molecule has 0 bridgehead atoms. The van der Waals surface area contributed by atoms with Gasteiger partial charge in [-0.05, 0) is 70.0 Å². The van der Waals surface area contributed by atoms with Gasteiger partial charge in [0.2, 0.25) is 0 Å². The van der Waals surface area contributed by atoms with Crippen molar-refractivity contribution in [2.45, 2.75) is 34.1 Å². The average Bonchev–Trinajstić information content (AvgIpc) is 3.13. The van der Waals surface area contributed by atoms with Gasteiger partial charge in [0.1, 0.15) is 11.5 Å². The zero-order chi connectivity index (χ0) is 24.2. The second-order valence-corrected chi connectivity index (χ2v) is 9.44. The SMILES string of the molecule is Cc1cccc(N2CCN(CCCNC(=O)c3nc(C)n(-c4ccccc4Cl)c3C)CC2)c1C.Cl.Cl.Cl. The highest BCUT2D eigenvalue weighted by atomic mass is 35.5. The fourth-order valence-electron chi connectivity index (χ4n) is 4.72. The van der Waals surface area contributed by atoms with E-state index in [1.165, 1.54) is 16.8 Å². The number of hydrogen-bond acceptors (Lipinski definition) is 4. The van der Waals surface area contributed by atoms with Gasteiger partial charge in [-0.1, -0.05) is 35.9 Å². The van der Waals surface area contributed by atoms with Crippen LogP contribution in [0, 0.1) is 27.7 Å². The molecule has 10 heteroatoms. The van der Waals surface area contributed by atoms with E-state index in [4.69, 9.17) is 11.6 Å². The molecule has 1 amide bonds. The largest absolute Gasteiger partial charge is 0.369 e. The fourth-order valence-corrected chi connectivity index (χ4v) is 4.94. The van der Waals surface area contributed by atoms with Crippen LogP contribution in [0.2, 0.25) is 5.02 Å². The predicted molar refractivity (Wildman–Crippen MR) is 161 cm³/mol. The maximum absolute atomic E-state index is 12.8. The first kappa shape index (κ1) is 33.1. The number of aromatic nitrogens is 2. The van der Waals surface area contributed by atoms with E-state index in [9.17, 15) is 4.79 Å². The molecular formula is C27H37Cl4N5O. The van der Waals surface area contributed by atoms with Gasteiger partial charge >= 0.3 is 0 Å². The van der Waals surface area contributed by atoms with Crippen LogP contribution in [0.4, 0.5) is 5.69 Å². The van der Waals surface area contributed by atoms with Gasteiger partial charge in [-0.2, -0.15) is 0 Å². The Balaban J connectivity index is 0.00000228. The van der Waals surface area contributed by atoms with Crippen LogP contribution in [0.25, 0.3) is 5.69 Å². The summed E-state index contributed by atoms with van der Waals surface area (Å²) in [5, 5.41) is 3.68. The molecule has 1 N–H and O–H groups in total. The molecule has 0 unspecified atom stereocenters. The van der Waals surface area contributed by atoms with E-state index in [2.05, 4.69) is 52.1 Å². The van der Waals surface area contributed by atoms with Crippen molar-refractivity contribution in [2.24, 2.45) is 0 Å². The number of para-hydroxylation sites is 1. The molecule has 0 spiro atoms. The molecule has 1 saturated heterocycles. The Labute approximate surface area is 244 Å². The first-order chi connectivity index (χ1) is 16.4. The molecule has 0 atom stereocenters. The fraction of sp³-hybridized carbons (Fsp3) is 0.407. The van der Waals surface area contributed by atoms with E-state index >= 15 is 0 Å². The van der Waals surface area contributed by atoms with Crippen molar-refractivity contribution in [1.29, 1.82) is 0 Å². The smallest absolute Gasteiger partial charge is 0.271 e. The molecule has 2 aromatic carbocycles. The second-order valence-electron chi connectivity index (χ2n) is 9.04. The molecule has 1 aliphatic rings. The van der Waals surface area contributed by atoms with E-state index < -0.39 is 0 Å². The van der Waals surface area contributed by atoms with Crippen molar-refractivity contribution in [2.75, 3.05) is 44.2 Å². The number of carbonyl (C=O) groups is 1.